The van der Waals surface area contributed by atoms with E-state index in [1.165, 1.54) is 6.33 Å². The third-order valence-electron chi connectivity index (χ3n) is 2.98. The second-order valence-electron chi connectivity index (χ2n) is 4.38. The van der Waals surface area contributed by atoms with Gasteiger partial charge < -0.3 is 5.32 Å². The van der Waals surface area contributed by atoms with Gasteiger partial charge in [-0.2, -0.15) is 5.10 Å². The Morgan fingerprint density at radius 1 is 1.15 bits per heavy atom. The molecular formula is C13H11Cl2N5. The lowest BCUT2D eigenvalue weighted by Crippen LogP contribution is -1.97. The zero-order valence-corrected chi connectivity index (χ0v) is 12.4. The monoisotopic (exact) mass is 307 g/mol. The van der Waals surface area contributed by atoms with E-state index in [1.54, 1.807) is 16.8 Å². The standard InChI is InChI=1S/C13H11Cl2N5/c1-7-11-12(16-6-17-13(11)20(2)19-7)18-8-3-4-9(14)10(15)5-8/h3-6H,1-2H3,(H,16,17,18). The van der Waals surface area contributed by atoms with Crippen molar-refractivity contribution in [1.29, 1.82) is 0 Å². The molecule has 0 spiro atoms. The molecule has 2 heterocycles. The van der Waals surface area contributed by atoms with Crippen LogP contribution in [0.3, 0.4) is 0 Å². The fourth-order valence-corrected chi connectivity index (χ4v) is 2.38. The summed E-state index contributed by atoms with van der Waals surface area (Å²) in [5.41, 5.74) is 2.45. The molecule has 0 saturated carbocycles. The van der Waals surface area contributed by atoms with Gasteiger partial charge in [-0.15, -0.1) is 0 Å². The van der Waals surface area contributed by atoms with Crippen LogP contribution in [0.5, 0.6) is 0 Å². The number of fused-ring (bicyclic) bond motifs is 1. The van der Waals surface area contributed by atoms with E-state index >= 15 is 0 Å². The summed E-state index contributed by atoms with van der Waals surface area (Å²) in [5.74, 6) is 0.694. The van der Waals surface area contributed by atoms with E-state index in [0.717, 1.165) is 22.4 Å². The Balaban J connectivity index is 2.08. The lowest BCUT2D eigenvalue weighted by Gasteiger charge is -2.07. The highest BCUT2D eigenvalue weighted by Gasteiger charge is 2.12. The Morgan fingerprint density at radius 2 is 1.95 bits per heavy atom. The first kappa shape index (κ1) is 13.1. The molecule has 7 heteroatoms. The van der Waals surface area contributed by atoms with E-state index in [1.807, 2.05) is 20.0 Å². The van der Waals surface area contributed by atoms with Gasteiger partial charge in [0.2, 0.25) is 0 Å². The van der Waals surface area contributed by atoms with Gasteiger partial charge in [-0.05, 0) is 25.1 Å². The van der Waals surface area contributed by atoms with Gasteiger partial charge in [-0.1, -0.05) is 23.2 Å². The summed E-state index contributed by atoms with van der Waals surface area (Å²) in [4.78, 5) is 8.51. The molecule has 3 rings (SSSR count). The Hall–Kier alpha value is -1.85. The minimum Gasteiger partial charge on any atom is -0.339 e. The molecule has 0 saturated heterocycles. The van der Waals surface area contributed by atoms with Crippen LogP contribution in [0.4, 0.5) is 11.5 Å². The second kappa shape index (κ2) is 4.92. The minimum atomic E-state index is 0.491. The van der Waals surface area contributed by atoms with E-state index in [-0.39, 0.29) is 0 Å². The largest absolute Gasteiger partial charge is 0.339 e. The summed E-state index contributed by atoms with van der Waals surface area (Å²) < 4.78 is 1.73. The van der Waals surface area contributed by atoms with Crippen molar-refractivity contribution in [1.82, 2.24) is 19.7 Å². The molecule has 102 valence electrons. The number of aryl methyl sites for hydroxylation is 2. The van der Waals surface area contributed by atoms with Crippen molar-refractivity contribution in [3.8, 4) is 0 Å². The SMILES string of the molecule is Cc1nn(C)c2ncnc(Nc3ccc(Cl)c(Cl)c3)c12. The molecule has 2 aromatic heterocycles. The summed E-state index contributed by atoms with van der Waals surface area (Å²) in [6.45, 7) is 1.92. The molecule has 0 aliphatic heterocycles. The van der Waals surface area contributed by atoms with Crippen LogP contribution in [0.2, 0.25) is 10.0 Å². The Kier molecular flexibility index (Phi) is 3.23. The fourth-order valence-electron chi connectivity index (χ4n) is 2.08. The molecular weight excluding hydrogens is 297 g/mol. The lowest BCUT2D eigenvalue weighted by molar-refractivity contribution is 0.773. The average Bonchev–Trinajstić information content (AvgIpc) is 2.71. The molecule has 1 N–H and O–H groups in total. The van der Waals surface area contributed by atoms with Gasteiger partial charge in [0.1, 0.15) is 12.1 Å². The highest BCUT2D eigenvalue weighted by atomic mass is 35.5. The molecule has 0 radical (unpaired) electrons. The van der Waals surface area contributed by atoms with Crippen molar-refractivity contribution >= 4 is 45.7 Å². The fraction of sp³-hybridized carbons (Fsp3) is 0.154. The third-order valence-corrected chi connectivity index (χ3v) is 3.72. The number of halogens is 2. The summed E-state index contributed by atoms with van der Waals surface area (Å²) >= 11 is 11.9. The number of benzene rings is 1. The lowest BCUT2D eigenvalue weighted by atomic mass is 10.2. The van der Waals surface area contributed by atoms with Crippen molar-refractivity contribution in [3.63, 3.8) is 0 Å². The molecule has 0 aliphatic carbocycles. The van der Waals surface area contributed by atoms with E-state index in [9.17, 15) is 0 Å². The van der Waals surface area contributed by atoms with Crippen molar-refractivity contribution in [2.75, 3.05) is 5.32 Å². The predicted octanol–water partition coefficient (Wildman–Crippen LogP) is 3.72. The molecule has 0 unspecified atom stereocenters. The van der Waals surface area contributed by atoms with E-state index < -0.39 is 0 Å². The van der Waals surface area contributed by atoms with Gasteiger partial charge in [-0.3, -0.25) is 4.68 Å². The van der Waals surface area contributed by atoms with Crippen LogP contribution in [-0.4, -0.2) is 19.7 Å². The minimum absolute atomic E-state index is 0.491. The first-order chi connectivity index (χ1) is 9.56. The first-order valence-corrected chi connectivity index (χ1v) is 6.68. The molecule has 0 atom stereocenters. The second-order valence-corrected chi connectivity index (χ2v) is 5.20. The summed E-state index contributed by atoms with van der Waals surface area (Å²) in [6.07, 6.45) is 1.50. The van der Waals surface area contributed by atoms with Gasteiger partial charge >= 0.3 is 0 Å². The maximum Gasteiger partial charge on any atom is 0.163 e. The number of anilines is 2. The normalized spacial score (nSPS) is 11.0. The van der Waals surface area contributed by atoms with Crippen molar-refractivity contribution < 1.29 is 0 Å². The van der Waals surface area contributed by atoms with Crippen LogP contribution in [0, 0.1) is 6.92 Å². The molecule has 0 bridgehead atoms. The summed E-state index contributed by atoms with van der Waals surface area (Å²) in [7, 11) is 1.85. The summed E-state index contributed by atoms with van der Waals surface area (Å²) in [5, 5.41) is 9.47. The van der Waals surface area contributed by atoms with Gasteiger partial charge in [0.25, 0.3) is 0 Å². The van der Waals surface area contributed by atoms with Crippen molar-refractivity contribution in [3.05, 3.63) is 40.3 Å². The van der Waals surface area contributed by atoms with Gasteiger partial charge in [-0.25, -0.2) is 9.97 Å². The molecule has 20 heavy (non-hydrogen) atoms. The number of nitrogens with zero attached hydrogens (tertiary/aromatic N) is 4. The quantitative estimate of drug-likeness (QED) is 0.784. The maximum atomic E-state index is 6.01. The van der Waals surface area contributed by atoms with E-state index in [4.69, 9.17) is 23.2 Å². The number of nitrogens with one attached hydrogen (secondary N) is 1. The first-order valence-electron chi connectivity index (χ1n) is 5.92. The number of aromatic nitrogens is 4. The molecule has 3 aromatic rings. The van der Waals surface area contributed by atoms with Gasteiger partial charge in [0, 0.05) is 12.7 Å². The number of hydrogen-bond acceptors (Lipinski definition) is 4. The van der Waals surface area contributed by atoms with E-state index in [0.29, 0.717) is 15.9 Å². The van der Waals surface area contributed by atoms with Crippen LogP contribution in [0.1, 0.15) is 5.69 Å². The third kappa shape index (κ3) is 2.19. The van der Waals surface area contributed by atoms with Crippen LogP contribution in [-0.2, 0) is 7.05 Å². The van der Waals surface area contributed by atoms with Crippen molar-refractivity contribution in [2.24, 2.45) is 7.05 Å². The van der Waals surface area contributed by atoms with Gasteiger partial charge in [0.05, 0.1) is 21.1 Å². The van der Waals surface area contributed by atoms with Gasteiger partial charge in [0.15, 0.2) is 5.65 Å². The molecule has 1 aromatic carbocycles. The molecule has 0 aliphatic rings. The van der Waals surface area contributed by atoms with Crippen LogP contribution in [0.25, 0.3) is 11.0 Å². The number of rotatable bonds is 2. The Morgan fingerprint density at radius 3 is 2.70 bits per heavy atom. The summed E-state index contributed by atoms with van der Waals surface area (Å²) in [6, 6.07) is 5.33. The Bertz CT molecular complexity index is 797. The highest BCUT2D eigenvalue weighted by Crippen LogP contribution is 2.29. The van der Waals surface area contributed by atoms with E-state index in [2.05, 4.69) is 20.4 Å². The topological polar surface area (TPSA) is 55.6 Å². The zero-order chi connectivity index (χ0) is 14.3. The molecule has 0 amide bonds. The zero-order valence-electron chi connectivity index (χ0n) is 10.9. The van der Waals surface area contributed by atoms with Crippen LogP contribution >= 0.6 is 23.2 Å². The maximum absolute atomic E-state index is 6.01. The van der Waals surface area contributed by atoms with Crippen LogP contribution in [0.15, 0.2) is 24.5 Å². The van der Waals surface area contributed by atoms with Crippen molar-refractivity contribution in [2.45, 2.75) is 6.92 Å². The molecule has 0 fully saturated rings. The number of hydrogen-bond donors (Lipinski definition) is 1. The Labute approximate surface area is 125 Å². The molecule has 5 nitrogen and oxygen atoms in total. The average molecular weight is 308 g/mol. The smallest absolute Gasteiger partial charge is 0.163 e. The van der Waals surface area contributed by atoms with Crippen LogP contribution < -0.4 is 5.32 Å². The predicted molar refractivity (Wildman–Crippen MR) is 80.8 cm³/mol. The highest BCUT2D eigenvalue weighted by molar-refractivity contribution is 6.42.